The van der Waals surface area contributed by atoms with Crippen LogP contribution in [0.1, 0.15) is 39.3 Å². The zero-order valence-corrected chi connectivity index (χ0v) is 13.8. The Bertz CT molecular complexity index is 382. The highest BCUT2D eigenvalue weighted by Crippen LogP contribution is 2.25. The molecule has 0 aromatic heterocycles. The number of hydrogen-bond donors (Lipinski definition) is 1. The van der Waals surface area contributed by atoms with Crippen LogP contribution in [0, 0.1) is 5.92 Å². The molecule has 0 spiro atoms. The van der Waals surface area contributed by atoms with E-state index in [0.717, 1.165) is 12.3 Å². The summed E-state index contributed by atoms with van der Waals surface area (Å²) < 4.78 is 5.71. The third-order valence-corrected chi connectivity index (χ3v) is 3.75. The summed E-state index contributed by atoms with van der Waals surface area (Å²) in [6.45, 7) is 10.4. The quantitative estimate of drug-likeness (QED) is 0.789. The van der Waals surface area contributed by atoms with Gasteiger partial charge in [0.2, 0.25) is 0 Å². The number of nitrogens with zero attached hydrogens (tertiary/aromatic N) is 1. The van der Waals surface area contributed by atoms with Crippen LogP contribution >= 0.6 is 0 Å². The van der Waals surface area contributed by atoms with Gasteiger partial charge in [0.25, 0.3) is 0 Å². The molecule has 1 rings (SSSR count). The molecule has 0 saturated heterocycles. The Balaban J connectivity index is 2.69. The predicted octanol–water partition coefficient (Wildman–Crippen LogP) is 3.32. The molecule has 3 heteroatoms. The highest BCUT2D eigenvalue weighted by molar-refractivity contribution is 5.35. The Morgan fingerprint density at radius 2 is 1.80 bits per heavy atom. The lowest BCUT2D eigenvalue weighted by molar-refractivity contribution is 0.219. The van der Waals surface area contributed by atoms with Gasteiger partial charge in [0.05, 0.1) is 6.61 Å². The highest BCUT2D eigenvalue weighted by atomic mass is 16.5. The second-order valence-corrected chi connectivity index (χ2v) is 5.88. The van der Waals surface area contributed by atoms with Gasteiger partial charge in [0, 0.05) is 24.2 Å². The topological polar surface area (TPSA) is 24.5 Å². The first-order valence-electron chi connectivity index (χ1n) is 7.58. The predicted molar refractivity (Wildman–Crippen MR) is 86.3 cm³/mol. The van der Waals surface area contributed by atoms with Crippen LogP contribution in [0.2, 0.25) is 0 Å². The summed E-state index contributed by atoms with van der Waals surface area (Å²) in [5.41, 5.74) is 1.23. The lowest BCUT2D eigenvalue weighted by Crippen LogP contribution is -2.42. The number of rotatable bonds is 8. The van der Waals surface area contributed by atoms with Gasteiger partial charge in [-0.2, -0.15) is 0 Å². The Morgan fingerprint density at radius 3 is 2.35 bits per heavy atom. The smallest absolute Gasteiger partial charge is 0.124 e. The molecule has 3 nitrogen and oxygen atoms in total. The van der Waals surface area contributed by atoms with E-state index < -0.39 is 0 Å². The molecule has 1 aromatic rings. The lowest BCUT2D eigenvalue weighted by Gasteiger charge is -2.30. The van der Waals surface area contributed by atoms with E-state index in [0.29, 0.717) is 24.6 Å². The average molecular weight is 278 g/mol. The van der Waals surface area contributed by atoms with E-state index in [9.17, 15) is 0 Å². The van der Waals surface area contributed by atoms with Crippen LogP contribution < -0.4 is 10.1 Å². The molecule has 0 saturated carbocycles. The number of likely N-dealkylation sites (N-methyl/N-ethyl adjacent to an activating group) is 1. The molecule has 0 radical (unpaired) electrons. The number of hydrogen-bond acceptors (Lipinski definition) is 3. The minimum absolute atomic E-state index is 0.291. The molecule has 0 heterocycles. The van der Waals surface area contributed by atoms with Crippen LogP contribution in [-0.2, 0) is 0 Å². The Morgan fingerprint density at radius 1 is 1.15 bits per heavy atom. The zero-order valence-electron chi connectivity index (χ0n) is 13.8. The van der Waals surface area contributed by atoms with Crippen LogP contribution in [-0.4, -0.2) is 38.2 Å². The number of ether oxygens (including phenoxy) is 1. The molecule has 0 aliphatic carbocycles. The number of nitrogens with one attached hydrogen (secondary N) is 1. The van der Waals surface area contributed by atoms with Crippen LogP contribution in [0.4, 0.5) is 0 Å². The molecular weight excluding hydrogens is 248 g/mol. The third kappa shape index (κ3) is 4.80. The molecule has 1 aromatic carbocycles. The standard InChI is InChI=1S/C17H30N2O/c1-7-20-17-11-9-8-10-15(17)14(4)18-12-16(13(2)3)19(5)6/h8-11,13-14,16,18H,7,12H2,1-6H3. The largest absolute Gasteiger partial charge is 0.494 e. The van der Waals surface area contributed by atoms with Gasteiger partial charge in [0.15, 0.2) is 0 Å². The van der Waals surface area contributed by atoms with E-state index in [1.165, 1.54) is 5.56 Å². The fourth-order valence-electron chi connectivity index (χ4n) is 2.55. The van der Waals surface area contributed by atoms with E-state index in [-0.39, 0.29) is 0 Å². The third-order valence-electron chi connectivity index (χ3n) is 3.75. The van der Waals surface area contributed by atoms with Crippen LogP contribution in [0.5, 0.6) is 5.75 Å². The first-order chi connectivity index (χ1) is 9.47. The molecule has 0 aliphatic heterocycles. The number of para-hydroxylation sites is 1. The van der Waals surface area contributed by atoms with E-state index in [4.69, 9.17) is 4.74 Å². The fraction of sp³-hybridized carbons (Fsp3) is 0.647. The van der Waals surface area contributed by atoms with Gasteiger partial charge in [-0.1, -0.05) is 32.0 Å². The summed E-state index contributed by atoms with van der Waals surface area (Å²) in [4.78, 5) is 2.29. The highest BCUT2D eigenvalue weighted by Gasteiger charge is 2.18. The molecule has 20 heavy (non-hydrogen) atoms. The molecule has 114 valence electrons. The molecule has 1 N–H and O–H groups in total. The zero-order chi connectivity index (χ0) is 15.1. The maximum atomic E-state index is 5.71. The minimum Gasteiger partial charge on any atom is -0.494 e. The van der Waals surface area contributed by atoms with Crippen LogP contribution in [0.3, 0.4) is 0 Å². The van der Waals surface area contributed by atoms with Gasteiger partial charge < -0.3 is 15.0 Å². The first kappa shape index (κ1) is 17.0. The van der Waals surface area contributed by atoms with Gasteiger partial charge in [-0.15, -0.1) is 0 Å². The van der Waals surface area contributed by atoms with Crippen molar-refractivity contribution in [3.8, 4) is 5.75 Å². The maximum Gasteiger partial charge on any atom is 0.124 e. The van der Waals surface area contributed by atoms with Gasteiger partial charge in [-0.25, -0.2) is 0 Å². The minimum atomic E-state index is 0.291. The summed E-state index contributed by atoms with van der Waals surface area (Å²) in [7, 11) is 4.29. The Hall–Kier alpha value is -1.06. The molecular formula is C17H30N2O. The summed E-state index contributed by atoms with van der Waals surface area (Å²) in [6, 6.07) is 9.11. The Kier molecular flexibility index (Phi) is 7.03. The van der Waals surface area contributed by atoms with Crippen molar-refractivity contribution >= 4 is 0 Å². The van der Waals surface area contributed by atoms with E-state index in [1.807, 2.05) is 19.1 Å². The fourth-order valence-corrected chi connectivity index (χ4v) is 2.55. The first-order valence-corrected chi connectivity index (χ1v) is 7.58. The average Bonchev–Trinajstić information content (AvgIpc) is 2.39. The van der Waals surface area contributed by atoms with Crippen molar-refractivity contribution in [2.75, 3.05) is 27.2 Å². The molecule has 0 fully saturated rings. The van der Waals surface area contributed by atoms with Crippen molar-refractivity contribution in [3.05, 3.63) is 29.8 Å². The van der Waals surface area contributed by atoms with Crippen molar-refractivity contribution in [1.82, 2.24) is 10.2 Å². The van der Waals surface area contributed by atoms with Crippen molar-refractivity contribution in [3.63, 3.8) is 0 Å². The lowest BCUT2D eigenvalue weighted by atomic mass is 10.0. The normalized spacial score (nSPS) is 14.6. The monoisotopic (exact) mass is 278 g/mol. The maximum absolute atomic E-state index is 5.71. The van der Waals surface area contributed by atoms with Crippen molar-refractivity contribution < 1.29 is 4.74 Å². The van der Waals surface area contributed by atoms with E-state index in [1.54, 1.807) is 0 Å². The van der Waals surface area contributed by atoms with Crippen LogP contribution in [0.15, 0.2) is 24.3 Å². The van der Waals surface area contributed by atoms with E-state index in [2.05, 4.69) is 57.2 Å². The van der Waals surface area contributed by atoms with Gasteiger partial charge >= 0.3 is 0 Å². The van der Waals surface area contributed by atoms with Crippen molar-refractivity contribution in [1.29, 1.82) is 0 Å². The van der Waals surface area contributed by atoms with Crippen molar-refractivity contribution in [2.45, 2.75) is 39.8 Å². The number of benzene rings is 1. The van der Waals surface area contributed by atoms with Gasteiger partial charge in [-0.3, -0.25) is 0 Å². The SMILES string of the molecule is CCOc1ccccc1C(C)NCC(C(C)C)N(C)C. The molecule has 0 amide bonds. The van der Waals surface area contributed by atoms with Crippen molar-refractivity contribution in [2.24, 2.45) is 5.92 Å². The Labute approximate surface area is 124 Å². The molecule has 2 atom stereocenters. The summed E-state index contributed by atoms with van der Waals surface area (Å²) in [5, 5.41) is 3.64. The van der Waals surface area contributed by atoms with E-state index >= 15 is 0 Å². The molecule has 2 unspecified atom stereocenters. The summed E-state index contributed by atoms with van der Waals surface area (Å²) >= 11 is 0. The van der Waals surface area contributed by atoms with Gasteiger partial charge in [-0.05, 0) is 39.9 Å². The molecule has 0 aliphatic rings. The molecule has 0 bridgehead atoms. The van der Waals surface area contributed by atoms with Crippen LogP contribution in [0.25, 0.3) is 0 Å². The second kappa shape index (κ2) is 8.28. The summed E-state index contributed by atoms with van der Waals surface area (Å²) in [6.07, 6.45) is 0. The second-order valence-electron chi connectivity index (χ2n) is 5.88. The summed E-state index contributed by atoms with van der Waals surface area (Å²) in [5.74, 6) is 1.62. The van der Waals surface area contributed by atoms with Gasteiger partial charge in [0.1, 0.15) is 5.75 Å².